The predicted octanol–water partition coefficient (Wildman–Crippen LogP) is 3.98. The molecule has 2 aromatic carbocycles. The van der Waals surface area contributed by atoms with Gasteiger partial charge in [0.1, 0.15) is 5.75 Å². The van der Waals surface area contributed by atoms with Crippen molar-refractivity contribution in [2.24, 2.45) is 0 Å². The summed E-state index contributed by atoms with van der Waals surface area (Å²) >= 11 is 0. The molecule has 0 unspecified atom stereocenters. The molecular weight excluding hydrogens is 368 g/mol. The molecule has 0 saturated heterocycles. The summed E-state index contributed by atoms with van der Waals surface area (Å²) in [6.07, 6.45) is 1.87. The van der Waals surface area contributed by atoms with E-state index in [2.05, 4.69) is 10.3 Å². The van der Waals surface area contributed by atoms with E-state index in [4.69, 9.17) is 9.47 Å². The first-order valence-corrected chi connectivity index (χ1v) is 9.60. The summed E-state index contributed by atoms with van der Waals surface area (Å²) in [5, 5.41) is 3.42. The van der Waals surface area contributed by atoms with Crippen molar-refractivity contribution in [2.45, 2.75) is 19.8 Å². The van der Waals surface area contributed by atoms with Gasteiger partial charge in [-0.2, -0.15) is 0 Å². The zero-order chi connectivity index (χ0) is 20.6. The lowest BCUT2D eigenvalue weighted by Gasteiger charge is -2.11. The van der Waals surface area contributed by atoms with Crippen molar-refractivity contribution in [1.29, 1.82) is 0 Å². The van der Waals surface area contributed by atoms with Crippen molar-refractivity contribution in [3.05, 3.63) is 60.2 Å². The van der Waals surface area contributed by atoms with Crippen LogP contribution in [0.1, 0.15) is 30.1 Å². The van der Waals surface area contributed by atoms with Gasteiger partial charge >= 0.3 is 5.97 Å². The van der Waals surface area contributed by atoms with Gasteiger partial charge in [-0.05, 0) is 42.8 Å². The Morgan fingerprint density at radius 3 is 2.55 bits per heavy atom. The van der Waals surface area contributed by atoms with Crippen molar-refractivity contribution in [3.8, 4) is 17.0 Å². The Bertz CT molecular complexity index is 999. The van der Waals surface area contributed by atoms with Crippen LogP contribution >= 0.6 is 0 Å². The SMILES string of the molecule is CCCCNC(=O)COC(=O)c1cc(-c2ccc(OC)cc2)nc2ccccc12. The van der Waals surface area contributed by atoms with E-state index in [-0.39, 0.29) is 12.5 Å². The topological polar surface area (TPSA) is 77.5 Å². The maximum atomic E-state index is 12.7. The van der Waals surface area contributed by atoms with Crippen molar-refractivity contribution in [1.82, 2.24) is 10.3 Å². The summed E-state index contributed by atoms with van der Waals surface area (Å²) in [7, 11) is 1.61. The Morgan fingerprint density at radius 1 is 1.07 bits per heavy atom. The highest BCUT2D eigenvalue weighted by molar-refractivity contribution is 6.05. The molecule has 0 bridgehead atoms. The van der Waals surface area contributed by atoms with E-state index in [1.54, 1.807) is 13.2 Å². The fraction of sp³-hybridized carbons (Fsp3) is 0.261. The van der Waals surface area contributed by atoms with Crippen LogP contribution in [0.5, 0.6) is 5.75 Å². The number of aromatic nitrogens is 1. The fourth-order valence-corrected chi connectivity index (χ4v) is 2.92. The number of ether oxygens (including phenoxy) is 2. The van der Waals surface area contributed by atoms with Crippen molar-refractivity contribution in [2.75, 3.05) is 20.3 Å². The average Bonchev–Trinajstić information content (AvgIpc) is 2.77. The second kappa shape index (κ2) is 9.68. The largest absolute Gasteiger partial charge is 0.497 e. The Morgan fingerprint density at radius 2 is 1.83 bits per heavy atom. The van der Waals surface area contributed by atoms with Crippen LogP contribution in [0.3, 0.4) is 0 Å². The van der Waals surface area contributed by atoms with Crippen LogP contribution in [0.25, 0.3) is 22.2 Å². The van der Waals surface area contributed by atoms with Crippen molar-refractivity contribution in [3.63, 3.8) is 0 Å². The molecule has 3 rings (SSSR count). The molecule has 0 radical (unpaired) electrons. The third-order valence-electron chi connectivity index (χ3n) is 4.51. The molecule has 0 saturated carbocycles. The number of unbranched alkanes of at least 4 members (excludes halogenated alkanes) is 1. The van der Waals surface area contributed by atoms with Crippen LogP contribution in [-0.4, -0.2) is 37.1 Å². The van der Waals surface area contributed by atoms with E-state index < -0.39 is 5.97 Å². The van der Waals surface area contributed by atoms with Gasteiger partial charge in [-0.1, -0.05) is 31.5 Å². The van der Waals surface area contributed by atoms with E-state index in [0.717, 1.165) is 24.2 Å². The monoisotopic (exact) mass is 392 g/mol. The van der Waals surface area contributed by atoms with Crippen LogP contribution in [-0.2, 0) is 9.53 Å². The number of benzene rings is 2. The maximum absolute atomic E-state index is 12.7. The van der Waals surface area contributed by atoms with Crippen LogP contribution < -0.4 is 10.1 Å². The van der Waals surface area contributed by atoms with Gasteiger partial charge in [-0.3, -0.25) is 4.79 Å². The molecule has 29 heavy (non-hydrogen) atoms. The zero-order valence-electron chi connectivity index (χ0n) is 16.6. The summed E-state index contributed by atoms with van der Waals surface area (Å²) in [5.41, 5.74) is 2.55. The number of fused-ring (bicyclic) bond motifs is 1. The molecule has 0 aliphatic carbocycles. The first kappa shape index (κ1) is 20.3. The molecule has 1 aromatic heterocycles. The van der Waals surface area contributed by atoms with Gasteiger partial charge in [0.2, 0.25) is 0 Å². The average molecular weight is 392 g/mol. The zero-order valence-corrected chi connectivity index (χ0v) is 16.6. The normalized spacial score (nSPS) is 10.6. The molecule has 0 aliphatic heterocycles. The van der Waals surface area contributed by atoms with Crippen molar-refractivity contribution < 1.29 is 19.1 Å². The Kier molecular flexibility index (Phi) is 6.79. The van der Waals surface area contributed by atoms with Gasteiger partial charge in [0.25, 0.3) is 5.91 Å². The number of carbonyl (C=O) groups excluding carboxylic acids is 2. The minimum atomic E-state index is -0.552. The number of esters is 1. The lowest BCUT2D eigenvalue weighted by Crippen LogP contribution is -2.29. The number of para-hydroxylation sites is 1. The number of amides is 1. The minimum absolute atomic E-state index is 0.305. The molecule has 0 aliphatic rings. The highest BCUT2D eigenvalue weighted by atomic mass is 16.5. The second-order valence-corrected chi connectivity index (χ2v) is 6.58. The first-order valence-electron chi connectivity index (χ1n) is 9.60. The number of hydrogen-bond donors (Lipinski definition) is 1. The minimum Gasteiger partial charge on any atom is -0.497 e. The van der Waals surface area contributed by atoms with E-state index in [9.17, 15) is 9.59 Å². The maximum Gasteiger partial charge on any atom is 0.339 e. The van der Waals surface area contributed by atoms with E-state index in [0.29, 0.717) is 28.7 Å². The van der Waals surface area contributed by atoms with Crippen LogP contribution in [0, 0.1) is 0 Å². The molecule has 6 nitrogen and oxygen atoms in total. The first-order chi connectivity index (χ1) is 14.1. The summed E-state index contributed by atoms with van der Waals surface area (Å²) in [4.78, 5) is 29.2. The number of nitrogens with zero attached hydrogens (tertiary/aromatic N) is 1. The van der Waals surface area contributed by atoms with E-state index in [1.165, 1.54) is 0 Å². The van der Waals surface area contributed by atoms with Crippen LogP contribution in [0.15, 0.2) is 54.6 Å². The summed E-state index contributed by atoms with van der Waals surface area (Å²) in [6.45, 7) is 2.31. The summed E-state index contributed by atoms with van der Waals surface area (Å²) < 4.78 is 10.5. The fourth-order valence-electron chi connectivity index (χ4n) is 2.92. The van der Waals surface area contributed by atoms with Gasteiger partial charge in [-0.15, -0.1) is 0 Å². The van der Waals surface area contributed by atoms with Gasteiger partial charge in [0.15, 0.2) is 6.61 Å². The third-order valence-corrected chi connectivity index (χ3v) is 4.51. The number of carbonyl (C=O) groups is 2. The van der Waals surface area contributed by atoms with E-state index >= 15 is 0 Å². The number of rotatable bonds is 8. The van der Waals surface area contributed by atoms with Crippen LogP contribution in [0.2, 0.25) is 0 Å². The number of hydrogen-bond acceptors (Lipinski definition) is 5. The summed E-state index contributed by atoms with van der Waals surface area (Å²) in [6, 6.07) is 16.5. The molecule has 6 heteroatoms. The Balaban J connectivity index is 1.85. The molecular formula is C23H24N2O4. The molecule has 0 spiro atoms. The number of pyridine rings is 1. The van der Waals surface area contributed by atoms with Crippen LogP contribution in [0.4, 0.5) is 0 Å². The van der Waals surface area contributed by atoms with E-state index in [1.807, 2.05) is 55.5 Å². The number of methoxy groups -OCH3 is 1. The molecule has 1 heterocycles. The molecule has 1 amide bonds. The quantitative estimate of drug-likeness (QED) is 0.463. The standard InChI is InChI=1S/C23H24N2O4/c1-3-4-13-24-22(26)15-29-23(27)19-14-21(16-9-11-17(28-2)12-10-16)25-20-8-6-5-7-18(19)20/h5-12,14H,3-4,13,15H2,1-2H3,(H,24,26). The lowest BCUT2D eigenvalue weighted by molar-refractivity contribution is -0.124. The molecule has 0 fully saturated rings. The molecule has 1 N–H and O–H groups in total. The molecule has 150 valence electrons. The highest BCUT2D eigenvalue weighted by Gasteiger charge is 2.16. The highest BCUT2D eigenvalue weighted by Crippen LogP contribution is 2.26. The van der Waals surface area contributed by atoms with Gasteiger partial charge in [0, 0.05) is 17.5 Å². The molecule has 3 aromatic rings. The lowest BCUT2D eigenvalue weighted by atomic mass is 10.0. The Hall–Kier alpha value is -3.41. The third kappa shape index (κ3) is 5.10. The van der Waals surface area contributed by atoms with Gasteiger partial charge in [-0.25, -0.2) is 9.78 Å². The van der Waals surface area contributed by atoms with Gasteiger partial charge in [0.05, 0.1) is 23.9 Å². The second-order valence-electron chi connectivity index (χ2n) is 6.58. The molecule has 0 atom stereocenters. The number of nitrogens with one attached hydrogen (secondary N) is 1. The van der Waals surface area contributed by atoms with Crippen molar-refractivity contribution >= 4 is 22.8 Å². The van der Waals surface area contributed by atoms with Gasteiger partial charge < -0.3 is 14.8 Å². The smallest absolute Gasteiger partial charge is 0.339 e. The summed E-state index contributed by atoms with van der Waals surface area (Å²) in [5.74, 6) is -0.118. The predicted molar refractivity (Wildman–Crippen MR) is 112 cm³/mol. The Labute approximate surface area is 169 Å².